The molecule has 0 unspecified atom stereocenters. The van der Waals surface area contributed by atoms with Crippen molar-refractivity contribution in [2.75, 3.05) is 26.2 Å². The van der Waals surface area contributed by atoms with Gasteiger partial charge in [0.15, 0.2) is 0 Å². The highest BCUT2D eigenvalue weighted by molar-refractivity contribution is 5.25. The Kier molecular flexibility index (Phi) is 6.58. The molecule has 1 heterocycles. The summed E-state index contributed by atoms with van der Waals surface area (Å²) in [5.74, 6) is 1.90. The first-order valence-corrected chi connectivity index (χ1v) is 10.4. The predicted octanol–water partition coefficient (Wildman–Crippen LogP) is 5.92. The second-order valence-electron chi connectivity index (χ2n) is 8.44. The van der Waals surface area contributed by atoms with E-state index in [1.54, 1.807) is 5.57 Å². The molecule has 142 valence electrons. The third-order valence-electron chi connectivity index (χ3n) is 6.42. The molecular formula is C24H35NO. The Hall–Kier alpha value is -1.54. The third-order valence-corrected chi connectivity index (χ3v) is 6.42. The molecule has 1 aliphatic carbocycles. The van der Waals surface area contributed by atoms with Crippen molar-refractivity contribution in [3.8, 4) is 0 Å². The van der Waals surface area contributed by atoms with Crippen molar-refractivity contribution < 1.29 is 4.74 Å². The smallest absolute Gasteiger partial charge is 0.100 e. The summed E-state index contributed by atoms with van der Waals surface area (Å²) < 4.78 is 6.07. The van der Waals surface area contributed by atoms with Gasteiger partial charge >= 0.3 is 0 Å². The van der Waals surface area contributed by atoms with Gasteiger partial charge in [-0.1, -0.05) is 62.8 Å². The average molecular weight is 354 g/mol. The van der Waals surface area contributed by atoms with Gasteiger partial charge in [0.2, 0.25) is 0 Å². The van der Waals surface area contributed by atoms with Gasteiger partial charge in [0, 0.05) is 13.0 Å². The van der Waals surface area contributed by atoms with Crippen LogP contribution in [0.4, 0.5) is 0 Å². The third kappa shape index (κ3) is 5.01. The highest BCUT2D eigenvalue weighted by atomic mass is 16.5. The fraction of sp³-hybridized carbons (Fsp3) is 0.583. The molecule has 0 aromatic heterocycles. The lowest BCUT2D eigenvalue weighted by atomic mass is 9.78. The number of allylic oxidation sites excluding steroid dienone is 4. The monoisotopic (exact) mass is 353 g/mol. The van der Waals surface area contributed by atoms with E-state index in [1.807, 2.05) is 0 Å². The van der Waals surface area contributed by atoms with Crippen molar-refractivity contribution in [1.29, 1.82) is 0 Å². The number of hydrogen-bond donors (Lipinski definition) is 0. The summed E-state index contributed by atoms with van der Waals surface area (Å²) >= 11 is 0. The molecule has 1 saturated heterocycles. The van der Waals surface area contributed by atoms with Crippen molar-refractivity contribution in [2.45, 2.75) is 58.8 Å². The number of likely N-dealkylation sites (tertiary alicyclic amines) is 1. The van der Waals surface area contributed by atoms with Crippen molar-refractivity contribution in [3.63, 3.8) is 0 Å². The molecule has 3 rings (SSSR count). The highest BCUT2D eigenvalue weighted by Crippen LogP contribution is 2.36. The maximum Gasteiger partial charge on any atom is 0.100 e. The SMILES string of the molecule is CCC(C)(C)C1=CC=C(OCCN2CCC(c3ccccc3)CC2)CC1. The Morgan fingerprint density at radius 1 is 1.04 bits per heavy atom. The van der Waals surface area contributed by atoms with Gasteiger partial charge < -0.3 is 4.74 Å². The molecule has 0 spiro atoms. The molecule has 0 bridgehead atoms. The van der Waals surface area contributed by atoms with Crippen LogP contribution in [0.5, 0.6) is 0 Å². The van der Waals surface area contributed by atoms with E-state index in [-0.39, 0.29) is 0 Å². The summed E-state index contributed by atoms with van der Waals surface area (Å²) in [6, 6.07) is 11.0. The first-order valence-electron chi connectivity index (χ1n) is 10.4. The van der Waals surface area contributed by atoms with Crippen LogP contribution in [0, 0.1) is 5.41 Å². The Bertz CT molecular complexity index is 621. The first-order chi connectivity index (χ1) is 12.6. The highest BCUT2D eigenvalue weighted by Gasteiger charge is 2.23. The Balaban J connectivity index is 1.39. The number of nitrogens with zero attached hydrogens (tertiary/aromatic N) is 1. The average Bonchev–Trinajstić information content (AvgIpc) is 2.70. The van der Waals surface area contributed by atoms with E-state index in [0.29, 0.717) is 5.41 Å². The number of piperidine rings is 1. The molecule has 2 aliphatic rings. The molecule has 0 saturated carbocycles. The second kappa shape index (κ2) is 8.90. The molecule has 0 N–H and O–H groups in total. The summed E-state index contributed by atoms with van der Waals surface area (Å²) in [7, 11) is 0. The van der Waals surface area contributed by atoms with E-state index in [9.17, 15) is 0 Å². The van der Waals surface area contributed by atoms with Gasteiger partial charge in [-0.25, -0.2) is 0 Å². The van der Waals surface area contributed by atoms with Crippen LogP contribution in [0.1, 0.15) is 64.4 Å². The maximum absolute atomic E-state index is 6.07. The summed E-state index contributed by atoms with van der Waals surface area (Å²) in [6.45, 7) is 11.2. The summed E-state index contributed by atoms with van der Waals surface area (Å²) in [5, 5.41) is 0. The topological polar surface area (TPSA) is 12.5 Å². The number of hydrogen-bond acceptors (Lipinski definition) is 2. The predicted molar refractivity (Wildman–Crippen MR) is 110 cm³/mol. The Morgan fingerprint density at radius 2 is 1.77 bits per heavy atom. The van der Waals surface area contributed by atoms with Crippen LogP contribution < -0.4 is 0 Å². The fourth-order valence-corrected chi connectivity index (χ4v) is 4.05. The lowest BCUT2D eigenvalue weighted by Gasteiger charge is -2.32. The molecule has 1 aromatic rings. The zero-order valence-corrected chi connectivity index (χ0v) is 16.8. The molecule has 26 heavy (non-hydrogen) atoms. The van der Waals surface area contributed by atoms with E-state index in [4.69, 9.17) is 4.74 Å². The summed E-state index contributed by atoms with van der Waals surface area (Å²) in [5.41, 5.74) is 3.40. The van der Waals surface area contributed by atoms with Crippen LogP contribution in [0.2, 0.25) is 0 Å². The van der Waals surface area contributed by atoms with Crippen molar-refractivity contribution in [3.05, 3.63) is 59.4 Å². The van der Waals surface area contributed by atoms with Gasteiger partial charge in [-0.05, 0) is 61.7 Å². The number of ether oxygens (including phenoxy) is 1. The van der Waals surface area contributed by atoms with E-state index >= 15 is 0 Å². The molecule has 0 radical (unpaired) electrons. The number of rotatable bonds is 7. The molecular weight excluding hydrogens is 318 g/mol. The zero-order valence-electron chi connectivity index (χ0n) is 16.8. The van der Waals surface area contributed by atoms with Crippen LogP contribution >= 0.6 is 0 Å². The van der Waals surface area contributed by atoms with Crippen molar-refractivity contribution in [2.24, 2.45) is 5.41 Å². The van der Waals surface area contributed by atoms with E-state index in [2.05, 4.69) is 68.2 Å². The van der Waals surface area contributed by atoms with E-state index in [0.717, 1.165) is 31.9 Å². The van der Waals surface area contributed by atoms with Crippen LogP contribution in [0.15, 0.2) is 53.8 Å². The molecule has 0 atom stereocenters. The number of benzene rings is 1. The van der Waals surface area contributed by atoms with Gasteiger partial charge in [0.1, 0.15) is 6.61 Å². The molecule has 0 amide bonds. The zero-order chi connectivity index (χ0) is 18.4. The van der Waals surface area contributed by atoms with Gasteiger partial charge in [-0.3, -0.25) is 4.90 Å². The minimum atomic E-state index is 0.325. The maximum atomic E-state index is 6.07. The van der Waals surface area contributed by atoms with Crippen LogP contribution in [-0.2, 0) is 4.74 Å². The van der Waals surface area contributed by atoms with Crippen molar-refractivity contribution >= 4 is 0 Å². The minimum absolute atomic E-state index is 0.325. The molecule has 1 aromatic carbocycles. The first kappa shape index (κ1) is 19.2. The Morgan fingerprint density at radius 3 is 2.38 bits per heavy atom. The standard InChI is InChI=1S/C24H35NO/c1-4-24(2,3)22-10-12-23(13-11-22)26-19-18-25-16-14-21(15-17-25)20-8-6-5-7-9-20/h5-10,12,21H,4,11,13-19H2,1-3H3. The summed E-state index contributed by atoms with van der Waals surface area (Å²) in [4.78, 5) is 2.56. The quantitative estimate of drug-likeness (QED) is 0.603. The summed E-state index contributed by atoms with van der Waals surface area (Å²) in [6.07, 6.45) is 10.4. The lowest BCUT2D eigenvalue weighted by Crippen LogP contribution is -2.35. The van der Waals surface area contributed by atoms with E-state index < -0.39 is 0 Å². The van der Waals surface area contributed by atoms with Gasteiger partial charge in [0.05, 0.1) is 5.76 Å². The van der Waals surface area contributed by atoms with E-state index in [1.165, 1.54) is 43.7 Å². The van der Waals surface area contributed by atoms with Crippen LogP contribution in [0.25, 0.3) is 0 Å². The van der Waals surface area contributed by atoms with Crippen LogP contribution in [-0.4, -0.2) is 31.1 Å². The molecule has 1 aliphatic heterocycles. The largest absolute Gasteiger partial charge is 0.497 e. The lowest BCUT2D eigenvalue weighted by molar-refractivity contribution is 0.132. The molecule has 2 heteroatoms. The van der Waals surface area contributed by atoms with Gasteiger partial charge in [-0.2, -0.15) is 0 Å². The Labute approximate surface area is 159 Å². The van der Waals surface area contributed by atoms with Crippen LogP contribution in [0.3, 0.4) is 0 Å². The molecule has 1 fully saturated rings. The van der Waals surface area contributed by atoms with Crippen molar-refractivity contribution in [1.82, 2.24) is 4.90 Å². The second-order valence-corrected chi connectivity index (χ2v) is 8.44. The fourth-order valence-electron chi connectivity index (χ4n) is 4.05. The molecule has 2 nitrogen and oxygen atoms in total. The normalized spacial score (nSPS) is 19.8. The van der Waals surface area contributed by atoms with Gasteiger partial charge in [0.25, 0.3) is 0 Å². The minimum Gasteiger partial charge on any atom is -0.497 e. The van der Waals surface area contributed by atoms with Gasteiger partial charge in [-0.15, -0.1) is 0 Å².